The van der Waals surface area contributed by atoms with Crippen molar-refractivity contribution in [3.8, 4) is 5.75 Å². The molecule has 2 aliphatic rings. The van der Waals surface area contributed by atoms with Crippen molar-refractivity contribution in [2.45, 2.75) is 44.4 Å². The van der Waals surface area contributed by atoms with Crippen LogP contribution in [0, 0.1) is 11.6 Å². The summed E-state index contributed by atoms with van der Waals surface area (Å²) in [6, 6.07) is 1.56. The number of amides is 2. The van der Waals surface area contributed by atoms with Crippen LogP contribution in [0.3, 0.4) is 0 Å². The first-order valence-electron chi connectivity index (χ1n) is 10.7. The number of benzene rings is 1. The lowest BCUT2D eigenvalue weighted by Gasteiger charge is -2.39. The second-order valence-corrected chi connectivity index (χ2v) is 9.83. The molecule has 1 aromatic carbocycles. The van der Waals surface area contributed by atoms with E-state index in [0.29, 0.717) is 0 Å². The fourth-order valence-electron chi connectivity index (χ4n) is 3.59. The summed E-state index contributed by atoms with van der Waals surface area (Å²) in [7, 11) is 0. The summed E-state index contributed by atoms with van der Waals surface area (Å²) in [5.74, 6) is -5.89. The lowest BCUT2D eigenvalue weighted by atomic mass is 10.1. The topological polar surface area (TPSA) is 96.9 Å². The van der Waals surface area contributed by atoms with E-state index in [0.717, 1.165) is 28.8 Å². The summed E-state index contributed by atoms with van der Waals surface area (Å²) in [6.07, 6.45) is -1.27. The lowest BCUT2D eigenvalue weighted by molar-refractivity contribution is -0.0154. The Balaban J connectivity index is 1.35. The predicted octanol–water partition coefficient (Wildman–Crippen LogP) is 3.07. The normalized spacial score (nSPS) is 19.9. The lowest BCUT2D eigenvalue weighted by Crippen LogP contribution is -2.55. The highest BCUT2D eigenvalue weighted by molar-refractivity contribution is 6.99. The monoisotopic (exact) mass is 517 g/mol. The molecule has 1 aromatic heterocycles. The zero-order valence-electron chi connectivity index (χ0n) is 19.1. The minimum Gasteiger partial charge on any atom is -0.487 e. The molecule has 4 rings (SSSR count). The van der Waals surface area contributed by atoms with Crippen LogP contribution in [0.5, 0.6) is 5.75 Å². The molecule has 0 spiro atoms. The molecule has 1 atom stereocenters. The maximum atomic E-state index is 14.5. The first-order chi connectivity index (χ1) is 16.3. The van der Waals surface area contributed by atoms with Gasteiger partial charge in [-0.25, -0.2) is 22.4 Å². The van der Waals surface area contributed by atoms with E-state index < -0.39 is 54.3 Å². The molecule has 2 amide bonds. The van der Waals surface area contributed by atoms with Crippen LogP contribution in [0.15, 0.2) is 18.2 Å². The average Bonchev–Trinajstić information content (AvgIpc) is 3.30. The van der Waals surface area contributed by atoms with E-state index in [4.69, 9.17) is 9.47 Å². The Morgan fingerprint density at radius 1 is 1.14 bits per heavy atom. The third-order valence-electron chi connectivity index (χ3n) is 5.30. The third-order valence-corrected chi connectivity index (χ3v) is 5.82. The molecule has 2 aromatic rings. The van der Waals surface area contributed by atoms with Crippen molar-refractivity contribution in [1.29, 1.82) is 0 Å². The van der Waals surface area contributed by atoms with E-state index >= 15 is 0 Å². The van der Waals surface area contributed by atoms with Crippen molar-refractivity contribution >= 4 is 29.5 Å². The number of anilines is 1. The average molecular weight is 518 g/mol. The van der Waals surface area contributed by atoms with E-state index in [9.17, 15) is 27.2 Å². The SMILES string of the molecule is CC(C)(C)OC(=O)N1CC(NC(=O)c2nsnc2N2CC(Oc3ccc(F)c(F)c3)C2)C(F)(F)C1. The summed E-state index contributed by atoms with van der Waals surface area (Å²) < 4.78 is 74.2. The molecular weight excluding hydrogens is 494 g/mol. The highest BCUT2D eigenvalue weighted by Gasteiger charge is 2.51. The number of nitrogens with zero attached hydrogens (tertiary/aromatic N) is 4. The minimum absolute atomic E-state index is 0.132. The molecular formula is C21H23F4N5O4S. The van der Waals surface area contributed by atoms with Gasteiger partial charge in [-0.2, -0.15) is 8.75 Å². The molecule has 35 heavy (non-hydrogen) atoms. The van der Waals surface area contributed by atoms with Crippen LogP contribution >= 0.6 is 11.7 Å². The molecule has 1 N–H and O–H groups in total. The van der Waals surface area contributed by atoms with Gasteiger partial charge in [-0.05, 0) is 32.9 Å². The molecule has 0 aliphatic carbocycles. The number of halogens is 4. The second kappa shape index (κ2) is 9.13. The van der Waals surface area contributed by atoms with Gasteiger partial charge in [0.25, 0.3) is 11.8 Å². The third kappa shape index (κ3) is 5.57. The van der Waals surface area contributed by atoms with Gasteiger partial charge < -0.3 is 19.7 Å². The van der Waals surface area contributed by atoms with Crippen LogP contribution < -0.4 is 15.0 Å². The zero-order chi connectivity index (χ0) is 25.5. The number of nitrogens with one attached hydrogen (secondary N) is 1. The van der Waals surface area contributed by atoms with Crippen LogP contribution in [0.2, 0.25) is 0 Å². The van der Waals surface area contributed by atoms with Gasteiger partial charge in [-0.1, -0.05) is 0 Å². The van der Waals surface area contributed by atoms with E-state index in [-0.39, 0.29) is 36.5 Å². The fraction of sp³-hybridized carbons (Fsp3) is 0.524. The summed E-state index contributed by atoms with van der Waals surface area (Å²) in [5, 5.41) is 2.26. The summed E-state index contributed by atoms with van der Waals surface area (Å²) in [5.41, 5.74) is -0.980. The quantitative estimate of drug-likeness (QED) is 0.609. The predicted molar refractivity (Wildman–Crippen MR) is 117 cm³/mol. The zero-order valence-corrected chi connectivity index (χ0v) is 19.9. The number of alkyl halides is 2. The molecule has 0 bridgehead atoms. The van der Waals surface area contributed by atoms with Crippen LogP contribution in [-0.4, -0.2) is 75.5 Å². The number of carbonyl (C=O) groups excluding carboxylic acids is 2. The minimum atomic E-state index is -3.36. The Hall–Kier alpha value is -3.16. The maximum Gasteiger partial charge on any atom is 0.410 e. The van der Waals surface area contributed by atoms with Gasteiger partial charge in [0.2, 0.25) is 0 Å². The number of rotatable bonds is 5. The summed E-state index contributed by atoms with van der Waals surface area (Å²) >= 11 is 0.744. The maximum absolute atomic E-state index is 14.5. The molecule has 2 fully saturated rings. The molecule has 2 aliphatic heterocycles. The molecule has 0 radical (unpaired) electrons. The Morgan fingerprint density at radius 3 is 2.51 bits per heavy atom. The first kappa shape index (κ1) is 24.9. The number of hydrogen-bond donors (Lipinski definition) is 1. The van der Waals surface area contributed by atoms with Crippen molar-refractivity contribution in [3.05, 3.63) is 35.5 Å². The van der Waals surface area contributed by atoms with Crippen molar-refractivity contribution in [2.24, 2.45) is 0 Å². The van der Waals surface area contributed by atoms with Gasteiger partial charge in [0.05, 0.1) is 37.9 Å². The smallest absolute Gasteiger partial charge is 0.410 e. The van der Waals surface area contributed by atoms with Crippen molar-refractivity contribution in [3.63, 3.8) is 0 Å². The molecule has 0 saturated carbocycles. The number of carbonyl (C=O) groups is 2. The standard InChI is InChI=1S/C21H23F4N5O4S/c1-20(2,3)34-19(32)30-9-15(21(24,25)10-30)26-18(31)16-17(28-35-27-16)29-7-12(8-29)33-11-4-5-13(22)14(23)6-11/h4-6,12,15H,7-10H2,1-3H3,(H,26,31). The Kier molecular flexibility index (Phi) is 6.51. The van der Waals surface area contributed by atoms with Crippen LogP contribution in [-0.2, 0) is 4.74 Å². The highest BCUT2D eigenvalue weighted by Crippen LogP contribution is 2.31. The molecule has 1 unspecified atom stereocenters. The number of ether oxygens (including phenoxy) is 2. The molecule has 190 valence electrons. The Labute approximate surface area is 202 Å². The number of likely N-dealkylation sites (tertiary alicyclic amines) is 1. The van der Waals surface area contributed by atoms with Gasteiger partial charge in [0.1, 0.15) is 23.5 Å². The van der Waals surface area contributed by atoms with Gasteiger partial charge in [-0.15, -0.1) is 0 Å². The van der Waals surface area contributed by atoms with E-state index in [1.165, 1.54) is 6.07 Å². The van der Waals surface area contributed by atoms with Crippen molar-refractivity contribution in [1.82, 2.24) is 19.0 Å². The van der Waals surface area contributed by atoms with Gasteiger partial charge in [0, 0.05) is 6.07 Å². The molecule has 3 heterocycles. The molecule has 2 saturated heterocycles. The van der Waals surface area contributed by atoms with Crippen molar-refractivity contribution < 1.29 is 36.6 Å². The Bertz CT molecular complexity index is 1120. The summed E-state index contributed by atoms with van der Waals surface area (Å²) in [6.45, 7) is 4.11. The first-order valence-corrected chi connectivity index (χ1v) is 11.4. The van der Waals surface area contributed by atoms with Crippen LogP contribution in [0.25, 0.3) is 0 Å². The van der Waals surface area contributed by atoms with Gasteiger partial charge in [0.15, 0.2) is 23.1 Å². The number of aromatic nitrogens is 2. The van der Waals surface area contributed by atoms with Crippen LogP contribution in [0.4, 0.5) is 28.2 Å². The van der Waals surface area contributed by atoms with E-state index in [2.05, 4.69) is 14.1 Å². The second-order valence-electron chi connectivity index (χ2n) is 9.31. The molecule has 14 heteroatoms. The van der Waals surface area contributed by atoms with Crippen LogP contribution in [0.1, 0.15) is 31.3 Å². The molecule has 9 nitrogen and oxygen atoms in total. The van der Waals surface area contributed by atoms with Gasteiger partial charge >= 0.3 is 6.09 Å². The van der Waals surface area contributed by atoms with Crippen molar-refractivity contribution in [2.75, 3.05) is 31.1 Å². The van der Waals surface area contributed by atoms with Gasteiger partial charge in [-0.3, -0.25) is 9.69 Å². The van der Waals surface area contributed by atoms with E-state index in [1.807, 2.05) is 0 Å². The fourth-order valence-corrected chi connectivity index (χ4v) is 4.16. The highest BCUT2D eigenvalue weighted by atomic mass is 32.1. The summed E-state index contributed by atoms with van der Waals surface area (Å²) in [4.78, 5) is 27.4. The van der Waals surface area contributed by atoms with E-state index in [1.54, 1.807) is 25.7 Å². The Morgan fingerprint density at radius 2 is 1.86 bits per heavy atom. The number of hydrogen-bond acceptors (Lipinski definition) is 8. The largest absolute Gasteiger partial charge is 0.487 e.